The molecule has 0 aliphatic heterocycles. The van der Waals surface area contributed by atoms with Crippen LogP contribution < -0.4 is 0 Å². The van der Waals surface area contributed by atoms with Crippen molar-refractivity contribution in [3.8, 4) is 0 Å². The molecule has 0 bridgehead atoms. The van der Waals surface area contributed by atoms with Gasteiger partial charge >= 0.3 is 12.2 Å². The third-order valence-corrected chi connectivity index (χ3v) is 4.86. The molecule has 0 aromatic carbocycles. The van der Waals surface area contributed by atoms with Crippen LogP contribution in [-0.2, 0) is 19.3 Å². The Hall–Kier alpha value is -1.51. The predicted molar refractivity (Wildman–Crippen MR) is 87.2 cm³/mol. The van der Waals surface area contributed by atoms with Crippen molar-refractivity contribution in [2.24, 2.45) is 0 Å². The largest absolute Gasteiger partial charge is 0.448 e. The normalized spacial score (nSPS) is 11.0. The van der Waals surface area contributed by atoms with Gasteiger partial charge in [0.05, 0.1) is 11.5 Å². The van der Waals surface area contributed by atoms with Crippen LogP contribution in [0.1, 0.15) is 27.7 Å². The molecule has 136 valence electrons. The zero-order valence-corrected chi connectivity index (χ0v) is 15.2. The van der Waals surface area contributed by atoms with Gasteiger partial charge in [-0.15, -0.1) is 0 Å². The second-order valence-electron chi connectivity index (χ2n) is 4.73. The summed E-state index contributed by atoms with van der Waals surface area (Å²) in [5.74, 6) is -0.578. The quantitative estimate of drug-likeness (QED) is 0.589. The number of hydrogen-bond acceptors (Lipinski definition) is 6. The maximum atomic E-state index is 11.8. The van der Waals surface area contributed by atoms with Crippen LogP contribution in [0.25, 0.3) is 0 Å². The highest BCUT2D eigenvalue weighted by Crippen LogP contribution is 1.98. The first-order valence-electron chi connectivity index (χ1n) is 7.85. The van der Waals surface area contributed by atoms with E-state index in [4.69, 9.17) is 9.47 Å². The van der Waals surface area contributed by atoms with Crippen molar-refractivity contribution < 1.29 is 27.5 Å². The average molecular weight is 352 g/mol. The molecule has 0 aromatic heterocycles. The Morgan fingerprint density at radius 3 is 1.30 bits per heavy atom. The Bertz CT molecular complexity index is 422. The van der Waals surface area contributed by atoms with Gasteiger partial charge in [-0.3, -0.25) is 0 Å². The summed E-state index contributed by atoms with van der Waals surface area (Å²) in [6, 6.07) is 0. The SMILES string of the molecule is CCN(CC)C(=O)OCCS(=O)(=O)CCOC(=O)N(CC)CC. The second-order valence-corrected chi connectivity index (χ2v) is 7.03. The summed E-state index contributed by atoms with van der Waals surface area (Å²) in [5, 5.41) is 0. The first kappa shape index (κ1) is 21.5. The molecule has 0 aromatic rings. The minimum atomic E-state index is -3.44. The molecule has 0 rings (SSSR count). The van der Waals surface area contributed by atoms with E-state index >= 15 is 0 Å². The van der Waals surface area contributed by atoms with Gasteiger partial charge in [0.15, 0.2) is 9.84 Å². The first-order chi connectivity index (χ1) is 10.8. The van der Waals surface area contributed by atoms with Crippen molar-refractivity contribution in [1.29, 1.82) is 0 Å². The fourth-order valence-corrected chi connectivity index (χ4v) is 2.64. The molecule has 2 amide bonds. The molecule has 0 unspecified atom stereocenters. The van der Waals surface area contributed by atoms with Crippen molar-refractivity contribution in [2.45, 2.75) is 27.7 Å². The summed E-state index contributed by atoms with van der Waals surface area (Å²) < 4.78 is 33.4. The molecule has 0 saturated carbocycles. The van der Waals surface area contributed by atoms with Gasteiger partial charge in [-0.05, 0) is 27.7 Å². The van der Waals surface area contributed by atoms with E-state index in [1.165, 1.54) is 9.80 Å². The number of amides is 2. The van der Waals surface area contributed by atoms with Gasteiger partial charge in [0.25, 0.3) is 0 Å². The van der Waals surface area contributed by atoms with Crippen molar-refractivity contribution in [1.82, 2.24) is 9.80 Å². The van der Waals surface area contributed by atoms with Gasteiger partial charge in [-0.1, -0.05) is 0 Å². The molecule has 23 heavy (non-hydrogen) atoms. The van der Waals surface area contributed by atoms with Crippen LogP contribution in [-0.4, -0.2) is 81.3 Å². The van der Waals surface area contributed by atoms with E-state index in [1.807, 2.05) is 27.7 Å². The molecule has 0 radical (unpaired) electrons. The molecule has 8 nitrogen and oxygen atoms in total. The first-order valence-corrected chi connectivity index (χ1v) is 9.67. The van der Waals surface area contributed by atoms with E-state index in [0.29, 0.717) is 26.2 Å². The zero-order valence-electron chi connectivity index (χ0n) is 14.4. The lowest BCUT2D eigenvalue weighted by atomic mass is 10.5. The van der Waals surface area contributed by atoms with Gasteiger partial charge in [0.1, 0.15) is 13.2 Å². The Morgan fingerprint density at radius 1 is 0.739 bits per heavy atom. The van der Waals surface area contributed by atoms with Crippen LogP contribution >= 0.6 is 0 Å². The van der Waals surface area contributed by atoms with Crippen LogP contribution in [0.4, 0.5) is 9.59 Å². The Morgan fingerprint density at radius 2 is 1.04 bits per heavy atom. The van der Waals surface area contributed by atoms with Gasteiger partial charge in [0.2, 0.25) is 0 Å². The minimum absolute atomic E-state index is 0.207. The van der Waals surface area contributed by atoms with E-state index in [9.17, 15) is 18.0 Å². The molecule has 0 saturated heterocycles. The number of carbonyl (C=O) groups is 2. The number of hydrogen-bond donors (Lipinski definition) is 0. The summed E-state index contributed by atoms with van der Waals surface area (Å²) >= 11 is 0. The highest BCUT2D eigenvalue weighted by atomic mass is 32.2. The van der Waals surface area contributed by atoms with Crippen LogP contribution in [0.15, 0.2) is 0 Å². The van der Waals surface area contributed by atoms with Crippen LogP contribution in [0.2, 0.25) is 0 Å². The summed E-state index contributed by atoms with van der Waals surface area (Å²) in [7, 11) is -3.44. The molecule has 0 aliphatic rings. The lowest BCUT2D eigenvalue weighted by Crippen LogP contribution is -2.33. The third kappa shape index (κ3) is 8.63. The Balaban J connectivity index is 4.11. The van der Waals surface area contributed by atoms with E-state index in [2.05, 4.69) is 0 Å². The molecule has 0 fully saturated rings. The number of ether oxygens (including phenoxy) is 2. The fraction of sp³-hybridized carbons (Fsp3) is 0.857. The van der Waals surface area contributed by atoms with Gasteiger partial charge in [-0.2, -0.15) is 0 Å². The molecule has 0 heterocycles. The van der Waals surface area contributed by atoms with Crippen molar-refractivity contribution in [3.63, 3.8) is 0 Å². The predicted octanol–water partition coefficient (Wildman–Crippen LogP) is 1.36. The number of sulfone groups is 1. The number of carbonyl (C=O) groups excluding carboxylic acids is 2. The van der Waals surface area contributed by atoms with Gasteiger partial charge in [-0.25, -0.2) is 18.0 Å². The lowest BCUT2D eigenvalue weighted by Gasteiger charge is -2.18. The van der Waals surface area contributed by atoms with Crippen molar-refractivity contribution in [3.05, 3.63) is 0 Å². The molecule has 0 N–H and O–H groups in total. The third-order valence-electron chi connectivity index (χ3n) is 3.28. The van der Waals surface area contributed by atoms with E-state index in [-0.39, 0.29) is 24.7 Å². The highest BCUT2D eigenvalue weighted by molar-refractivity contribution is 7.91. The van der Waals surface area contributed by atoms with Gasteiger partial charge in [0, 0.05) is 26.2 Å². The average Bonchev–Trinajstić information content (AvgIpc) is 2.49. The zero-order chi connectivity index (χ0) is 17.9. The highest BCUT2D eigenvalue weighted by Gasteiger charge is 2.17. The maximum absolute atomic E-state index is 11.8. The maximum Gasteiger partial charge on any atom is 0.409 e. The smallest absolute Gasteiger partial charge is 0.409 e. The molecular formula is C14H28N2O6S. The summed E-state index contributed by atoms with van der Waals surface area (Å²) in [6.45, 7) is 8.85. The summed E-state index contributed by atoms with van der Waals surface area (Å²) in [5.41, 5.74) is 0. The Kier molecular flexibility index (Phi) is 10.4. The lowest BCUT2D eigenvalue weighted by molar-refractivity contribution is 0.111. The molecule has 0 aliphatic carbocycles. The van der Waals surface area contributed by atoms with Crippen LogP contribution in [0.3, 0.4) is 0 Å². The summed E-state index contributed by atoms with van der Waals surface area (Å²) in [4.78, 5) is 26.1. The van der Waals surface area contributed by atoms with E-state index in [0.717, 1.165) is 0 Å². The number of rotatable bonds is 10. The van der Waals surface area contributed by atoms with Crippen LogP contribution in [0.5, 0.6) is 0 Å². The summed E-state index contributed by atoms with van der Waals surface area (Å²) in [6.07, 6.45) is -1.06. The van der Waals surface area contributed by atoms with Gasteiger partial charge < -0.3 is 19.3 Å². The molecular weight excluding hydrogens is 324 g/mol. The van der Waals surface area contributed by atoms with Crippen LogP contribution in [0, 0.1) is 0 Å². The molecule has 0 spiro atoms. The Labute approximate surface area is 138 Å². The van der Waals surface area contributed by atoms with Crippen molar-refractivity contribution >= 4 is 22.0 Å². The number of nitrogens with zero attached hydrogens (tertiary/aromatic N) is 2. The van der Waals surface area contributed by atoms with E-state index < -0.39 is 22.0 Å². The molecule has 9 heteroatoms. The monoisotopic (exact) mass is 352 g/mol. The van der Waals surface area contributed by atoms with E-state index in [1.54, 1.807) is 0 Å². The topological polar surface area (TPSA) is 93.2 Å². The minimum Gasteiger partial charge on any atom is -0.448 e. The molecule has 0 atom stereocenters. The fourth-order valence-electron chi connectivity index (χ4n) is 1.76. The standard InChI is InChI=1S/C14H28N2O6S/c1-5-15(6-2)13(17)21-9-11-23(19,20)12-10-22-14(18)16(7-3)8-4/h5-12H2,1-4H3. The van der Waals surface area contributed by atoms with Crippen molar-refractivity contribution in [2.75, 3.05) is 50.9 Å². The second kappa shape index (κ2) is 11.1.